The lowest BCUT2D eigenvalue weighted by atomic mass is 9.83. The summed E-state index contributed by atoms with van der Waals surface area (Å²) in [6, 6.07) is 14.0. The average molecular weight is 568 g/mol. The van der Waals surface area contributed by atoms with Crippen LogP contribution in [0.4, 0.5) is 5.69 Å². The molecule has 0 bridgehead atoms. The van der Waals surface area contributed by atoms with E-state index in [4.69, 9.17) is 14.2 Å². The number of nitrogens with zero attached hydrogens (tertiary/aromatic N) is 2. The van der Waals surface area contributed by atoms with E-state index in [2.05, 4.69) is 4.98 Å². The van der Waals surface area contributed by atoms with Crippen molar-refractivity contribution < 1.29 is 28.6 Å². The van der Waals surface area contributed by atoms with Crippen molar-refractivity contribution in [3.05, 3.63) is 68.6 Å². The molecule has 3 amide bonds. The van der Waals surface area contributed by atoms with Crippen LogP contribution in [0.25, 0.3) is 0 Å². The van der Waals surface area contributed by atoms with Gasteiger partial charge in [-0.05, 0) is 42.0 Å². The van der Waals surface area contributed by atoms with Crippen molar-refractivity contribution >= 4 is 46.5 Å². The third-order valence-electron chi connectivity index (χ3n) is 7.10. The molecule has 202 valence electrons. The number of amides is 3. The Bertz CT molecular complexity index is 1480. The number of anilines is 1. The van der Waals surface area contributed by atoms with Crippen LogP contribution < -0.4 is 19.2 Å². The number of hydrogen-bond donors (Lipinski definition) is 1. The highest BCUT2D eigenvalue weighted by molar-refractivity contribution is 8.00. The predicted molar refractivity (Wildman–Crippen MR) is 145 cm³/mol. The van der Waals surface area contributed by atoms with Crippen molar-refractivity contribution in [2.45, 2.75) is 16.2 Å². The van der Waals surface area contributed by atoms with E-state index in [0.717, 1.165) is 16.9 Å². The Hall–Kier alpha value is -3.61. The fourth-order valence-corrected chi connectivity index (χ4v) is 7.72. The molecule has 3 atom stereocenters. The Kier molecular flexibility index (Phi) is 6.92. The largest absolute Gasteiger partial charge is 0.497 e. The van der Waals surface area contributed by atoms with Crippen molar-refractivity contribution in [1.29, 1.82) is 0 Å². The van der Waals surface area contributed by atoms with Crippen LogP contribution in [0.15, 0.2) is 58.4 Å². The van der Waals surface area contributed by atoms with E-state index in [1.54, 1.807) is 54.5 Å². The number of fused-ring (bicyclic) bond motifs is 2. The number of morpholine rings is 1. The second kappa shape index (κ2) is 10.5. The highest BCUT2D eigenvalue weighted by Crippen LogP contribution is 2.53. The maximum Gasteiger partial charge on any atom is 0.305 e. The third-order valence-corrected chi connectivity index (χ3v) is 9.50. The second-order valence-electron chi connectivity index (χ2n) is 9.31. The van der Waals surface area contributed by atoms with Crippen LogP contribution >= 0.6 is 23.1 Å². The van der Waals surface area contributed by atoms with Gasteiger partial charge in [0.15, 0.2) is 6.61 Å². The Morgan fingerprint density at radius 2 is 1.82 bits per heavy atom. The molecule has 12 heteroatoms. The number of carbonyl (C=O) groups is 3. The molecule has 0 unspecified atom stereocenters. The molecule has 10 nitrogen and oxygen atoms in total. The van der Waals surface area contributed by atoms with Gasteiger partial charge < -0.3 is 24.1 Å². The van der Waals surface area contributed by atoms with Crippen LogP contribution in [0.2, 0.25) is 0 Å². The SMILES string of the molecule is COc1ccc(N2C(=O)[C@H]3[C@H](c4cccc(OCC(=O)N5CCOCC5)c4)c4sc(=O)[nH]c4S[C@H]3C2=O)cc1. The fraction of sp³-hybridized carbons (Fsp3) is 0.333. The minimum absolute atomic E-state index is 0.124. The van der Waals surface area contributed by atoms with Gasteiger partial charge in [0.2, 0.25) is 11.8 Å². The van der Waals surface area contributed by atoms with Crippen molar-refractivity contribution in [1.82, 2.24) is 9.88 Å². The molecule has 0 saturated carbocycles. The summed E-state index contributed by atoms with van der Waals surface area (Å²) >= 11 is 2.27. The number of carbonyl (C=O) groups excluding carboxylic acids is 3. The van der Waals surface area contributed by atoms with E-state index in [1.807, 2.05) is 6.07 Å². The van der Waals surface area contributed by atoms with Crippen molar-refractivity contribution in [2.24, 2.45) is 5.92 Å². The number of nitrogens with one attached hydrogen (secondary N) is 1. The van der Waals surface area contributed by atoms with E-state index in [1.165, 1.54) is 16.7 Å². The standard InChI is InChI=1S/C27H25N3O7S2/c1-35-17-7-5-16(6-8-17)30-25(32)21-20(22-24(28-27(34)39-22)38-23(21)26(30)33)15-3-2-4-18(13-15)37-14-19(31)29-9-11-36-12-10-29/h2-8,13,20-21,23H,9-12,14H2,1H3,(H,28,34)/t20-,21-,23+/m0/s1. The maximum absolute atomic E-state index is 13.9. The summed E-state index contributed by atoms with van der Waals surface area (Å²) in [5.74, 6) is -0.944. The van der Waals surface area contributed by atoms with E-state index >= 15 is 0 Å². The summed E-state index contributed by atoms with van der Waals surface area (Å²) < 4.78 is 16.4. The van der Waals surface area contributed by atoms with Crippen LogP contribution in [0.3, 0.4) is 0 Å². The Balaban J connectivity index is 1.31. The first-order chi connectivity index (χ1) is 18.9. The van der Waals surface area contributed by atoms with Gasteiger partial charge in [-0.25, -0.2) is 4.90 Å². The summed E-state index contributed by atoms with van der Waals surface area (Å²) in [5.41, 5.74) is 1.20. The number of aromatic amines is 1. The van der Waals surface area contributed by atoms with E-state index < -0.39 is 17.1 Å². The molecular formula is C27H25N3O7S2. The minimum atomic E-state index is -0.714. The highest BCUT2D eigenvalue weighted by atomic mass is 32.2. The van der Waals surface area contributed by atoms with Crippen LogP contribution in [0, 0.1) is 5.92 Å². The quantitative estimate of drug-likeness (QED) is 0.452. The molecule has 39 heavy (non-hydrogen) atoms. The smallest absolute Gasteiger partial charge is 0.305 e. The van der Waals surface area contributed by atoms with Gasteiger partial charge in [0.25, 0.3) is 5.91 Å². The number of methoxy groups -OCH3 is 1. The lowest BCUT2D eigenvalue weighted by molar-refractivity contribution is -0.137. The Morgan fingerprint density at radius 1 is 1.05 bits per heavy atom. The lowest BCUT2D eigenvalue weighted by Crippen LogP contribution is -2.42. The number of aromatic nitrogens is 1. The van der Waals surface area contributed by atoms with Crippen LogP contribution in [0.5, 0.6) is 11.5 Å². The van der Waals surface area contributed by atoms with Gasteiger partial charge in [0.1, 0.15) is 16.7 Å². The zero-order valence-corrected chi connectivity index (χ0v) is 22.6. The number of H-pyrrole nitrogens is 1. The Morgan fingerprint density at radius 3 is 2.56 bits per heavy atom. The van der Waals surface area contributed by atoms with Crippen LogP contribution in [-0.4, -0.2) is 72.9 Å². The molecule has 3 aliphatic rings. The first-order valence-corrected chi connectivity index (χ1v) is 14.1. The van der Waals surface area contributed by atoms with Gasteiger partial charge in [0, 0.05) is 23.9 Å². The topological polar surface area (TPSA) is 118 Å². The van der Waals surface area contributed by atoms with Crippen LogP contribution in [-0.2, 0) is 19.1 Å². The fourth-order valence-electron chi connectivity index (χ4n) is 5.21. The van der Waals surface area contributed by atoms with Gasteiger partial charge in [-0.3, -0.25) is 19.2 Å². The zero-order valence-electron chi connectivity index (χ0n) is 21.0. The van der Waals surface area contributed by atoms with Crippen LogP contribution in [0.1, 0.15) is 16.4 Å². The number of thiazole rings is 1. The van der Waals surface area contributed by atoms with Gasteiger partial charge in [-0.2, -0.15) is 0 Å². The number of ether oxygens (including phenoxy) is 3. The Labute approximate surface area is 231 Å². The molecule has 2 fully saturated rings. The average Bonchev–Trinajstić information content (AvgIpc) is 3.46. The molecule has 3 aromatic rings. The number of thioether (sulfide) groups is 1. The van der Waals surface area contributed by atoms with E-state index in [0.29, 0.717) is 53.4 Å². The van der Waals surface area contributed by atoms with Crippen molar-refractivity contribution in [3.63, 3.8) is 0 Å². The molecule has 1 N–H and O–H groups in total. The molecule has 6 rings (SSSR count). The first kappa shape index (κ1) is 25.7. The molecule has 2 saturated heterocycles. The van der Waals surface area contributed by atoms with Crippen molar-refractivity contribution in [3.8, 4) is 11.5 Å². The molecular weight excluding hydrogens is 542 g/mol. The third kappa shape index (κ3) is 4.72. The second-order valence-corrected chi connectivity index (χ2v) is 11.5. The normalized spacial score (nSPS) is 22.4. The van der Waals surface area contributed by atoms with Gasteiger partial charge in [-0.15, -0.1) is 0 Å². The summed E-state index contributed by atoms with van der Waals surface area (Å²) in [6.07, 6.45) is 0. The molecule has 0 aliphatic carbocycles. The number of benzene rings is 2. The molecule has 2 aromatic carbocycles. The van der Waals surface area contributed by atoms with Crippen molar-refractivity contribution in [2.75, 3.05) is 44.9 Å². The number of imide groups is 1. The molecule has 3 aliphatic heterocycles. The monoisotopic (exact) mass is 567 g/mol. The molecule has 0 spiro atoms. The highest BCUT2D eigenvalue weighted by Gasteiger charge is 2.56. The lowest BCUT2D eigenvalue weighted by Gasteiger charge is -2.30. The molecule has 0 radical (unpaired) electrons. The van der Waals surface area contributed by atoms with E-state index in [9.17, 15) is 19.2 Å². The molecule has 4 heterocycles. The summed E-state index contributed by atoms with van der Waals surface area (Å²) in [4.78, 5) is 58.6. The summed E-state index contributed by atoms with van der Waals surface area (Å²) in [5, 5.41) is -0.0994. The number of rotatable bonds is 6. The van der Waals surface area contributed by atoms with E-state index in [-0.39, 0.29) is 29.2 Å². The first-order valence-electron chi connectivity index (χ1n) is 12.4. The number of hydrogen-bond acceptors (Lipinski definition) is 9. The summed E-state index contributed by atoms with van der Waals surface area (Å²) in [6.45, 7) is 1.95. The summed E-state index contributed by atoms with van der Waals surface area (Å²) in [7, 11) is 1.55. The molecule has 1 aromatic heterocycles. The predicted octanol–water partition coefficient (Wildman–Crippen LogP) is 2.48. The zero-order chi connectivity index (χ0) is 27.1. The maximum atomic E-state index is 13.9. The minimum Gasteiger partial charge on any atom is -0.497 e. The van der Waals surface area contributed by atoms with Gasteiger partial charge >= 0.3 is 4.87 Å². The van der Waals surface area contributed by atoms with Gasteiger partial charge in [-0.1, -0.05) is 35.2 Å². The van der Waals surface area contributed by atoms with Gasteiger partial charge in [0.05, 0.1) is 37.0 Å².